The molecular weight excluding hydrogens is 402 g/mol. The Bertz CT molecular complexity index is 1080. The average molecular weight is 426 g/mol. The molecule has 1 aromatic heterocycles. The van der Waals surface area contributed by atoms with E-state index in [2.05, 4.69) is 25.9 Å². The van der Waals surface area contributed by atoms with Crippen LogP contribution in [0.5, 0.6) is 11.5 Å². The summed E-state index contributed by atoms with van der Waals surface area (Å²) in [5.74, 6) is 1.17. The Hall–Kier alpha value is -2.99. The average Bonchev–Trinajstić information content (AvgIpc) is 3.26. The summed E-state index contributed by atoms with van der Waals surface area (Å²) >= 11 is 5.95. The zero-order valence-corrected chi connectivity index (χ0v) is 18.2. The Balaban J connectivity index is 1.55. The summed E-state index contributed by atoms with van der Waals surface area (Å²) in [5, 5.41) is 5.25. The molecule has 0 fully saturated rings. The number of anilines is 1. The van der Waals surface area contributed by atoms with Crippen LogP contribution in [0.4, 0.5) is 5.69 Å². The number of halogens is 1. The molecule has 0 saturated heterocycles. The van der Waals surface area contributed by atoms with Crippen LogP contribution in [0.15, 0.2) is 48.7 Å². The first kappa shape index (κ1) is 20.3. The largest absolute Gasteiger partial charge is 0.493 e. The van der Waals surface area contributed by atoms with E-state index in [1.807, 2.05) is 30.3 Å². The van der Waals surface area contributed by atoms with Crippen LogP contribution in [0.3, 0.4) is 0 Å². The summed E-state index contributed by atoms with van der Waals surface area (Å²) in [6.45, 7) is 7.29. The highest BCUT2D eigenvalue weighted by atomic mass is 35.5. The fourth-order valence-corrected chi connectivity index (χ4v) is 3.37. The maximum atomic E-state index is 13.0. The number of ether oxygens (including phenoxy) is 2. The van der Waals surface area contributed by atoms with Crippen molar-refractivity contribution in [3.8, 4) is 17.2 Å². The first-order chi connectivity index (χ1) is 14.2. The van der Waals surface area contributed by atoms with Crippen molar-refractivity contribution in [3.63, 3.8) is 0 Å². The quantitative estimate of drug-likeness (QED) is 0.569. The maximum Gasteiger partial charge on any atom is 0.262 e. The van der Waals surface area contributed by atoms with E-state index in [1.165, 1.54) is 0 Å². The van der Waals surface area contributed by atoms with Gasteiger partial charge in [-0.15, -0.1) is 0 Å². The summed E-state index contributed by atoms with van der Waals surface area (Å²) in [7, 11) is 1.60. The molecule has 4 rings (SSSR count). The van der Waals surface area contributed by atoms with Gasteiger partial charge in [-0.2, -0.15) is 5.10 Å². The summed E-state index contributed by atoms with van der Waals surface area (Å²) in [6, 6.07) is 12.9. The smallest absolute Gasteiger partial charge is 0.262 e. The molecule has 7 heteroatoms. The van der Waals surface area contributed by atoms with Gasteiger partial charge in [0.15, 0.2) is 11.5 Å². The Morgan fingerprint density at radius 2 is 1.77 bits per heavy atom. The van der Waals surface area contributed by atoms with E-state index in [4.69, 9.17) is 21.1 Å². The fourth-order valence-electron chi connectivity index (χ4n) is 3.24. The maximum absolute atomic E-state index is 13.0. The number of carbonyl (C=O) groups is 1. The molecule has 0 radical (unpaired) electrons. The van der Waals surface area contributed by atoms with Crippen LogP contribution >= 0.6 is 11.6 Å². The van der Waals surface area contributed by atoms with E-state index in [1.54, 1.807) is 35.0 Å². The molecule has 0 atom stereocenters. The van der Waals surface area contributed by atoms with Crippen LogP contribution in [0.2, 0.25) is 5.02 Å². The lowest BCUT2D eigenvalue weighted by Gasteiger charge is -2.22. The van der Waals surface area contributed by atoms with Crippen molar-refractivity contribution >= 4 is 23.2 Å². The molecule has 0 spiro atoms. The number of nitrogens with zero attached hydrogens (tertiary/aromatic N) is 3. The molecule has 30 heavy (non-hydrogen) atoms. The van der Waals surface area contributed by atoms with Gasteiger partial charge in [-0.3, -0.25) is 4.79 Å². The predicted octanol–water partition coefficient (Wildman–Crippen LogP) is 5.12. The van der Waals surface area contributed by atoms with E-state index in [9.17, 15) is 4.79 Å². The van der Waals surface area contributed by atoms with Gasteiger partial charge in [-0.05, 0) is 41.8 Å². The van der Waals surface area contributed by atoms with Crippen LogP contribution in [0.25, 0.3) is 5.69 Å². The number of rotatable bonds is 5. The lowest BCUT2D eigenvalue weighted by Crippen LogP contribution is -2.24. The molecule has 0 N–H and O–H groups in total. The fraction of sp³-hybridized carbons (Fsp3) is 0.304. The molecule has 0 unspecified atom stereocenters. The molecule has 1 aliphatic heterocycles. The molecule has 2 aromatic carbocycles. The van der Waals surface area contributed by atoms with Crippen molar-refractivity contribution < 1.29 is 14.3 Å². The summed E-state index contributed by atoms with van der Waals surface area (Å²) in [4.78, 5) is 14.7. The van der Waals surface area contributed by atoms with Crippen molar-refractivity contribution in [2.75, 3.05) is 18.6 Å². The lowest BCUT2D eigenvalue weighted by atomic mass is 9.99. The number of hydrogen-bond acceptors (Lipinski definition) is 4. The van der Waals surface area contributed by atoms with Crippen molar-refractivity contribution in [3.05, 3.63) is 64.9 Å². The normalized spacial score (nSPS) is 13.5. The highest BCUT2D eigenvalue weighted by Crippen LogP contribution is 2.36. The number of aromatic nitrogens is 2. The minimum Gasteiger partial charge on any atom is -0.493 e. The van der Waals surface area contributed by atoms with Gasteiger partial charge in [0, 0.05) is 23.0 Å². The number of fused-ring (bicyclic) bond motifs is 1. The lowest BCUT2D eigenvalue weighted by molar-refractivity contribution is 0.0996. The molecule has 156 valence electrons. The van der Waals surface area contributed by atoms with Gasteiger partial charge in [0.2, 0.25) is 0 Å². The van der Waals surface area contributed by atoms with E-state index in [-0.39, 0.29) is 11.3 Å². The molecule has 1 aliphatic rings. The Kier molecular flexibility index (Phi) is 5.20. The third kappa shape index (κ3) is 4.00. The Labute approximate surface area is 181 Å². The van der Waals surface area contributed by atoms with Gasteiger partial charge < -0.3 is 14.4 Å². The summed E-state index contributed by atoms with van der Waals surface area (Å²) in [6.07, 6.45) is 1.76. The van der Waals surface area contributed by atoms with E-state index < -0.39 is 0 Å². The van der Waals surface area contributed by atoms with Gasteiger partial charge >= 0.3 is 0 Å². The molecule has 1 amide bonds. The van der Waals surface area contributed by atoms with Gasteiger partial charge in [-0.25, -0.2) is 4.68 Å². The predicted molar refractivity (Wildman–Crippen MR) is 117 cm³/mol. The zero-order valence-electron chi connectivity index (χ0n) is 17.5. The van der Waals surface area contributed by atoms with Crippen molar-refractivity contribution in [1.82, 2.24) is 9.78 Å². The third-order valence-electron chi connectivity index (χ3n) is 4.78. The SMILES string of the molecule is COc1cc(N2Cc3nn(-c4ccc(Cl)cc4)cc3C2=O)ccc1OCC(C)(C)C. The zero-order chi connectivity index (χ0) is 21.5. The van der Waals surface area contributed by atoms with Crippen LogP contribution in [0, 0.1) is 5.41 Å². The minimum absolute atomic E-state index is 0.0344. The molecule has 0 saturated carbocycles. The number of benzene rings is 2. The highest BCUT2D eigenvalue weighted by molar-refractivity contribution is 6.30. The number of amides is 1. The van der Waals surface area contributed by atoms with Gasteiger partial charge in [-0.1, -0.05) is 32.4 Å². The third-order valence-corrected chi connectivity index (χ3v) is 5.04. The molecule has 2 heterocycles. The van der Waals surface area contributed by atoms with Crippen molar-refractivity contribution in [1.29, 1.82) is 0 Å². The first-order valence-electron chi connectivity index (χ1n) is 9.72. The van der Waals surface area contributed by atoms with Gasteiger partial charge in [0.1, 0.15) is 0 Å². The van der Waals surface area contributed by atoms with E-state index >= 15 is 0 Å². The molecule has 0 bridgehead atoms. The molecule has 3 aromatic rings. The van der Waals surface area contributed by atoms with Gasteiger partial charge in [0.05, 0.1) is 37.2 Å². The standard InChI is InChI=1S/C23H24ClN3O3/c1-23(2,3)14-30-20-10-9-17(11-21(20)29-4)26-13-19-18(22(26)28)12-27(25-19)16-7-5-15(24)6-8-16/h5-12H,13-14H2,1-4H3. The summed E-state index contributed by atoms with van der Waals surface area (Å²) < 4.78 is 13.1. The first-order valence-corrected chi connectivity index (χ1v) is 10.1. The van der Waals surface area contributed by atoms with Crippen LogP contribution in [-0.4, -0.2) is 29.4 Å². The number of hydrogen-bond donors (Lipinski definition) is 0. The second-order valence-electron chi connectivity index (χ2n) is 8.49. The topological polar surface area (TPSA) is 56.6 Å². The molecule has 6 nitrogen and oxygen atoms in total. The Morgan fingerprint density at radius 1 is 1.07 bits per heavy atom. The van der Waals surface area contributed by atoms with Crippen molar-refractivity contribution in [2.24, 2.45) is 5.41 Å². The number of carbonyl (C=O) groups excluding carboxylic acids is 1. The molecule has 0 aliphatic carbocycles. The second kappa shape index (κ2) is 7.69. The highest BCUT2D eigenvalue weighted by Gasteiger charge is 2.32. The summed E-state index contributed by atoms with van der Waals surface area (Å²) in [5.41, 5.74) is 2.97. The van der Waals surface area contributed by atoms with Gasteiger partial charge in [0.25, 0.3) is 5.91 Å². The monoisotopic (exact) mass is 425 g/mol. The second-order valence-corrected chi connectivity index (χ2v) is 8.92. The van der Waals surface area contributed by atoms with E-state index in [0.29, 0.717) is 35.2 Å². The van der Waals surface area contributed by atoms with Crippen LogP contribution in [0.1, 0.15) is 36.8 Å². The minimum atomic E-state index is -0.0874. The van der Waals surface area contributed by atoms with E-state index in [0.717, 1.165) is 17.1 Å². The molecular formula is C23H24ClN3O3. The van der Waals surface area contributed by atoms with Crippen LogP contribution < -0.4 is 14.4 Å². The van der Waals surface area contributed by atoms with Crippen LogP contribution in [-0.2, 0) is 6.54 Å². The van der Waals surface area contributed by atoms with Crippen molar-refractivity contribution in [2.45, 2.75) is 27.3 Å². The number of methoxy groups -OCH3 is 1. The Morgan fingerprint density at radius 3 is 2.40 bits per heavy atom.